The van der Waals surface area contributed by atoms with Gasteiger partial charge in [-0.15, -0.1) is 0 Å². The fourth-order valence-corrected chi connectivity index (χ4v) is 0.686. The normalized spacial score (nSPS) is 9.09. The summed E-state index contributed by atoms with van der Waals surface area (Å²) in [6.07, 6.45) is 1.35. The Labute approximate surface area is 64.5 Å². The lowest BCUT2D eigenvalue weighted by Crippen LogP contribution is -1.94. The Balaban J connectivity index is 2.85. The van der Waals surface area contributed by atoms with Gasteiger partial charge in [-0.2, -0.15) is 5.26 Å². The largest absolute Gasteiger partial charge is 0.378 e. The molecule has 0 N–H and O–H groups in total. The fourth-order valence-electron chi connectivity index (χ4n) is 0.686. The summed E-state index contributed by atoms with van der Waals surface area (Å²) in [7, 11) is 1.58. The predicted octanol–water partition coefficient (Wildman–Crippen LogP) is 0.495. The van der Waals surface area contributed by atoms with Gasteiger partial charge < -0.3 is 4.74 Å². The van der Waals surface area contributed by atoms with Gasteiger partial charge in [-0.05, 0) is 6.07 Å². The summed E-state index contributed by atoms with van der Waals surface area (Å²) in [5.41, 5.74) is 1.09. The maximum atomic E-state index is 8.45. The van der Waals surface area contributed by atoms with Gasteiger partial charge in [-0.25, -0.2) is 9.97 Å². The first kappa shape index (κ1) is 7.63. The summed E-state index contributed by atoms with van der Waals surface area (Å²) in [6.45, 7) is 0.414. The molecule has 1 aromatic rings. The van der Waals surface area contributed by atoms with Gasteiger partial charge in [0, 0.05) is 7.11 Å². The quantitative estimate of drug-likeness (QED) is 0.614. The molecule has 0 fully saturated rings. The third kappa shape index (κ3) is 1.99. The number of methoxy groups -OCH3 is 1. The second kappa shape index (κ2) is 3.64. The highest BCUT2D eigenvalue weighted by molar-refractivity contribution is 5.20. The van der Waals surface area contributed by atoms with Crippen LogP contribution in [0.1, 0.15) is 11.4 Å². The van der Waals surface area contributed by atoms with E-state index < -0.39 is 0 Å². The number of aromatic nitrogens is 2. The Kier molecular flexibility index (Phi) is 2.53. The van der Waals surface area contributed by atoms with E-state index in [9.17, 15) is 0 Å². The van der Waals surface area contributed by atoms with Crippen molar-refractivity contribution >= 4 is 0 Å². The Morgan fingerprint density at radius 1 is 1.64 bits per heavy atom. The van der Waals surface area contributed by atoms with E-state index in [-0.39, 0.29) is 0 Å². The molecule has 11 heavy (non-hydrogen) atoms. The molecular weight excluding hydrogens is 142 g/mol. The maximum absolute atomic E-state index is 8.45. The Hall–Kier alpha value is -1.47. The van der Waals surface area contributed by atoms with Crippen molar-refractivity contribution in [1.29, 1.82) is 5.26 Å². The molecule has 0 aliphatic heterocycles. The van der Waals surface area contributed by atoms with Crippen LogP contribution in [0.3, 0.4) is 0 Å². The Morgan fingerprint density at radius 2 is 2.45 bits per heavy atom. The SMILES string of the molecule is COCc1cc(C#N)ncn1. The fraction of sp³-hybridized carbons (Fsp3) is 0.286. The molecule has 0 amide bonds. The molecule has 0 saturated heterocycles. The lowest BCUT2D eigenvalue weighted by atomic mass is 10.3. The van der Waals surface area contributed by atoms with Crippen molar-refractivity contribution in [1.82, 2.24) is 9.97 Å². The molecule has 4 heteroatoms. The molecule has 0 bridgehead atoms. The number of rotatable bonds is 2. The minimum Gasteiger partial charge on any atom is -0.378 e. The van der Waals surface area contributed by atoms with Crippen LogP contribution in [0.5, 0.6) is 0 Å². The van der Waals surface area contributed by atoms with E-state index in [1.54, 1.807) is 13.2 Å². The number of nitriles is 1. The highest BCUT2D eigenvalue weighted by atomic mass is 16.5. The second-order valence-corrected chi connectivity index (χ2v) is 1.94. The zero-order chi connectivity index (χ0) is 8.10. The van der Waals surface area contributed by atoms with Crippen molar-refractivity contribution in [2.24, 2.45) is 0 Å². The van der Waals surface area contributed by atoms with Gasteiger partial charge in [-0.3, -0.25) is 0 Å². The molecule has 0 aromatic carbocycles. The summed E-state index contributed by atoms with van der Waals surface area (Å²) in [5, 5.41) is 8.45. The van der Waals surface area contributed by atoms with Crippen molar-refractivity contribution in [3.05, 3.63) is 23.8 Å². The van der Waals surface area contributed by atoms with Crippen LogP contribution in [0.15, 0.2) is 12.4 Å². The molecule has 1 rings (SSSR count). The summed E-state index contributed by atoms with van der Waals surface area (Å²) >= 11 is 0. The van der Waals surface area contributed by atoms with Gasteiger partial charge in [0.05, 0.1) is 12.3 Å². The van der Waals surface area contributed by atoms with Gasteiger partial charge in [0.15, 0.2) is 0 Å². The molecule has 0 saturated carbocycles. The van der Waals surface area contributed by atoms with Crippen LogP contribution in [0.4, 0.5) is 0 Å². The van der Waals surface area contributed by atoms with E-state index in [0.29, 0.717) is 12.3 Å². The minimum atomic E-state index is 0.368. The highest BCUT2D eigenvalue weighted by Gasteiger charge is 1.95. The number of hydrogen-bond donors (Lipinski definition) is 0. The van der Waals surface area contributed by atoms with Crippen molar-refractivity contribution in [3.63, 3.8) is 0 Å². The summed E-state index contributed by atoms with van der Waals surface area (Å²) in [6, 6.07) is 3.52. The molecule has 0 radical (unpaired) electrons. The standard InChI is InChI=1S/C7H7N3O/c1-11-4-7-2-6(3-8)9-5-10-7/h2,5H,4H2,1H3. The van der Waals surface area contributed by atoms with Gasteiger partial charge in [0.25, 0.3) is 0 Å². The zero-order valence-electron chi connectivity index (χ0n) is 6.11. The molecule has 1 aromatic heterocycles. The monoisotopic (exact) mass is 149 g/mol. The van der Waals surface area contributed by atoms with E-state index in [2.05, 4.69) is 9.97 Å². The molecule has 0 atom stereocenters. The van der Waals surface area contributed by atoms with Crippen LogP contribution >= 0.6 is 0 Å². The van der Waals surface area contributed by atoms with Crippen molar-refractivity contribution in [2.45, 2.75) is 6.61 Å². The third-order valence-corrected chi connectivity index (χ3v) is 1.13. The van der Waals surface area contributed by atoms with E-state index in [1.165, 1.54) is 6.33 Å². The van der Waals surface area contributed by atoms with Crippen LogP contribution in [-0.4, -0.2) is 17.1 Å². The minimum absolute atomic E-state index is 0.368. The van der Waals surface area contributed by atoms with Crippen LogP contribution < -0.4 is 0 Å². The van der Waals surface area contributed by atoms with E-state index in [1.807, 2.05) is 6.07 Å². The van der Waals surface area contributed by atoms with Crippen LogP contribution in [-0.2, 0) is 11.3 Å². The van der Waals surface area contributed by atoms with E-state index in [4.69, 9.17) is 10.00 Å². The smallest absolute Gasteiger partial charge is 0.144 e. The first-order valence-electron chi connectivity index (χ1n) is 3.07. The lowest BCUT2D eigenvalue weighted by molar-refractivity contribution is 0.181. The van der Waals surface area contributed by atoms with Crippen LogP contribution in [0, 0.1) is 11.3 Å². The average Bonchev–Trinajstić information content (AvgIpc) is 2.06. The molecule has 0 spiro atoms. The van der Waals surface area contributed by atoms with E-state index in [0.717, 1.165) is 5.69 Å². The average molecular weight is 149 g/mol. The number of nitrogens with zero attached hydrogens (tertiary/aromatic N) is 3. The summed E-state index contributed by atoms with van der Waals surface area (Å²) in [5.74, 6) is 0. The van der Waals surface area contributed by atoms with Crippen LogP contribution in [0.25, 0.3) is 0 Å². The lowest BCUT2D eigenvalue weighted by Gasteiger charge is -1.96. The third-order valence-electron chi connectivity index (χ3n) is 1.13. The van der Waals surface area contributed by atoms with Gasteiger partial charge in [0.2, 0.25) is 0 Å². The molecule has 0 aliphatic carbocycles. The molecular formula is C7H7N3O. The molecule has 0 aliphatic rings. The first-order valence-corrected chi connectivity index (χ1v) is 3.07. The molecule has 56 valence electrons. The highest BCUT2D eigenvalue weighted by Crippen LogP contribution is 1.97. The Morgan fingerprint density at radius 3 is 3.09 bits per heavy atom. The summed E-state index contributed by atoms with van der Waals surface area (Å²) < 4.78 is 4.83. The van der Waals surface area contributed by atoms with Gasteiger partial charge >= 0.3 is 0 Å². The number of ether oxygens (including phenoxy) is 1. The maximum Gasteiger partial charge on any atom is 0.144 e. The van der Waals surface area contributed by atoms with Crippen molar-refractivity contribution in [2.75, 3.05) is 7.11 Å². The second-order valence-electron chi connectivity index (χ2n) is 1.94. The molecule has 4 nitrogen and oxygen atoms in total. The summed E-state index contributed by atoms with van der Waals surface area (Å²) in [4.78, 5) is 7.60. The van der Waals surface area contributed by atoms with Crippen LogP contribution in [0.2, 0.25) is 0 Å². The zero-order valence-corrected chi connectivity index (χ0v) is 6.11. The molecule has 0 unspecified atom stereocenters. The van der Waals surface area contributed by atoms with Gasteiger partial charge in [0.1, 0.15) is 18.1 Å². The topological polar surface area (TPSA) is 58.8 Å². The van der Waals surface area contributed by atoms with Gasteiger partial charge in [-0.1, -0.05) is 0 Å². The van der Waals surface area contributed by atoms with Crippen molar-refractivity contribution in [3.8, 4) is 6.07 Å². The Bertz CT molecular complexity index is 279. The van der Waals surface area contributed by atoms with Crippen molar-refractivity contribution < 1.29 is 4.74 Å². The number of hydrogen-bond acceptors (Lipinski definition) is 4. The first-order chi connectivity index (χ1) is 5.36. The van der Waals surface area contributed by atoms with E-state index >= 15 is 0 Å². The predicted molar refractivity (Wildman–Crippen MR) is 37.5 cm³/mol. The molecule has 1 heterocycles.